The lowest BCUT2D eigenvalue weighted by Gasteiger charge is -2.08. The second-order valence-corrected chi connectivity index (χ2v) is 4.87. The van der Waals surface area contributed by atoms with E-state index in [2.05, 4.69) is 0 Å². The molecule has 3 rings (SSSR count). The first kappa shape index (κ1) is 12.9. The molecular formula is C17H15FO2. The van der Waals surface area contributed by atoms with E-state index in [4.69, 9.17) is 4.74 Å². The van der Waals surface area contributed by atoms with Crippen molar-refractivity contribution in [3.8, 4) is 16.9 Å². The standard InChI is InChI=1S/C17H15FO2/c1-2-20-13-6-7-14(16(18)10-13)12-4-3-11-5-8-17(19)15(11)9-12/h3-4,6-7,9-10H,2,5,8H2,1H3. The molecule has 102 valence electrons. The summed E-state index contributed by atoms with van der Waals surface area (Å²) in [6.07, 6.45) is 1.35. The number of carbonyl (C=O) groups is 1. The van der Waals surface area contributed by atoms with Gasteiger partial charge in [-0.05, 0) is 42.7 Å². The van der Waals surface area contributed by atoms with Gasteiger partial charge in [-0.15, -0.1) is 0 Å². The van der Waals surface area contributed by atoms with E-state index < -0.39 is 0 Å². The predicted molar refractivity (Wildman–Crippen MR) is 75.7 cm³/mol. The Hall–Kier alpha value is -2.16. The second kappa shape index (κ2) is 5.08. The lowest BCUT2D eigenvalue weighted by Crippen LogP contribution is -1.95. The van der Waals surface area contributed by atoms with Crippen LogP contribution in [0.3, 0.4) is 0 Å². The SMILES string of the molecule is CCOc1ccc(-c2ccc3c(c2)C(=O)CC3)c(F)c1. The van der Waals surface area contributed by atoms with Crippen molar-refractivity contribution in [2.75, 3.05) is 6.61 Å². The van der Waals surface area contributed by atoms with Crippen LogP contribution in [0, 0.1) is 5.82 Å². The first-order chi connectivity index (χ1) is 9.69. The molecule has 0 saturated heterocycles. The maximum Gasteiger partial charge on any atom is 0.163 e. The Labute approximate surface area is 117 Å². The Morgan fingerprint density at radius 2 is 1.95 bits per heavy atom. The first-order valence-corrected chi connectivity index (χ1v) is 6.78. The minimum Gasteiger partial charge on any atom is -0.494 e. The van der Waals surface area contributed by atoms with Crippen LogP contribution in [0.5, 0.6) is 5.75 Å². The highest BCUT2D eigenvalue weighted by Gasteiger charge is 2.20. The molecule has 1 aliphatic carbocycles. The van der Waals surface area contributed by atoms with Gasteiger partial charge in [0.05, 0.1) is 6.61 Å². The van der Waals surface area contributed by atoms with Crippen LogP contribution in [-0.4, -0.2) is 12.4 Å². The molecule has 0 bridgehead atoms. The van der Waals surface area contributed by atoms with Gasteiger partial charge in [0.2, 0.25) is 0 Å². The van der Waals surface area contributed by atoms with Gasteiger partial charge in [-0.1, -0.05) is 12.1 Å². The Morgan fingerprint density at radius 3 is 2.70 bits per heavy atom. The fourth-order valence-electron chi connectivity index (χ4n) is 2.59. The van der Waals surface area contributed by atoms with Gasteiger partial charge in [0.1, 0.15) is 11.6 Å². The highest BCUT2D eigenvalue weighted by Crippen LogP contribution is 2.31. The number of ether oxygens (including phenoxy) is 1. The van der Waals surface area contributed by atoms with Gasteiger partial charge in [-0.25, -0.2) is 4.39 Å². The van der Waals surface area contributed by atoms with Crippen LogP contribution < -0.4 is 4.74 Å². The van der Waals surface area contributed by atoms with Crippen LogP contribution >= 0.6 is 0 Å². The lowest BCUT2D eigenvalue weighted by molar-refractivity contribution is 0.0994. The fourth-order valence-corrected chi connectivity index (χ4v) is 2.59. The molecule has 2 nitrogen and oxygen atoms in total. The van der Waals surface area contributed by atoms with E-state index >= 15 is 0 Å². The first-order valence-electron chi connectivity index (χ1n) is 6.78. The van der Waals surface area contributed by atoms with Gasteiger partial charge in [-0.3, -0.25) is 4.79 Å². The van der Waals surface area contributed by atoms with Gasteiger partial charge < -0.3 is 4.74 Å². The molecule has 0 aromatic heterocycles. The number of aryl methyl sites for hydroxylation is 1. The summed E-state index contributed by atoms with van der Waals surface area (Å²) < 4.78 is 19.4. The summed E-state index contributed by atoms with van der Waals surface area (Å²) >= 11 is 0. The number of Topliss-reactive ketones (excluding diaryl/α,β-unsaturated/α-hetero) is 1. The zero-order valence-corrected chi connectivity index (χ0v) is 11.3. The Bertz CT molecular complexity index is 677. The molecule has 0 amide bonds. The number of benzene rings is 2. The Morgan fingerprint density at radius 1 is 1.10 bits per heavy atom. The summed E-state index contributed by atoms with van der Waals surface area (Å²) in [5, 5.41) is 0. The zero-order valence-electron chi connectivity index (χ0n) is 11.3. The van der Waals surface area contributed by atoms with E-state index in [1.165, 1.54) is 6.07 Å². The molecule has 2 aromatic rings. The highest BCUT2D eigenvalue weighted by molar-refractivity contribution is 6.01. The Balaban J connectivity index is 2.01. The van der Waals surface area contributed by atoms with Crippen molar-refractivity contribution < 1.29 is 13.9 Å². The van der Waals surface area contributed by atoms with E-state index in [1.54, 1.807) is 18.2 Å². The van der Waals surface area contributed by atoms with Gasteiger partial charge in [-0.2, -0.15) is 0 Å². The monoisotopic (exact) mass is 270 g/mol. The van der Waals surface area contributed by atoms with Crippen LogP contribution in [0.4, 0.5) is 4.39 Å². The normalized spacial score (nSPS) is 13.4. The number of carbonyl (C=O) groups excluding carboxylic acids is 1. The minimum absolute atomic E-state index is 0.146. The van der Waals surface area contributed by atoms with Crippen molar-refractivity contribution >= 4 is 5.78 Å². The van der Waals surface area contributed by atoms with Crippen molar-refractivity contribution in [2.24, 2.45) is 0 Å². The third-order valence-electron chi connectivity index (χ3n) is 3.59. The Kier molecular flexibility index (Phi) is 3.26. The molecule has 0 radical (unpaired) electrons. The molecule has 2 aromatic carbocycles. The summed E-state index contributed by atoms with van der Waals surface area (Å²) in [6.45, 7) is 2.37. The van der Waals surface area contributed by atoms with Gasteiger partial charge in [0.15, 0.2) is 5.78 Å². The van der Waals surface area contributed by atoms with Crippen molar-refractivity contribution in [1.29, 1.82) is 0 Å². The highest BCUT2D eigenvalue weighted by atomic mass is 19.1. The van der Waals surface area contributed by atoms with Crippen molar-refractivity contribution in [3.05, 3.63) is 53.3 Å². The zero-order chi connectivity index (χ0) is 14.1. The van der Waals surface area contributed by atoms with Crippen LogP contribution in [0.25, 0.3) is 11.1 Å². The van der Waals surface area contributed by atoms with E-state index in [0.717, 1.165) is 23.1 Å². The minimum atomic E-state index is -0.332. The number of ketones is 1. The average Bonchev–Trinajstić information content (AvgIpc) is 2.81. The molecule has 0 fully saturated rings. The van der Waals surface area contributed by atoms with Gasteiger partial charge in [0.25, 0.3) is 0 Å². The summed E-state index contributed by atoms with van der Waals surface area (Å²) in [5.41, 5.74) is 3.02. The van der Waals surface area contributed by atoms with E-state index in [1.807, 2.05) is 19.1 Å². The number of hydrogen-bond acceptors (Lipinski definition) is 2. The number of hydrogen-bond donors (Lipinski definition) is 0. The van der Waals surface area contributed by atoms with E-state index in [-0.39, 0.29) is 11.6 Å². The lowest BCUT2D eigenvalue weighted by atomic mass is 10.00. The summed E-state index contributed by atoms with van der Waals surface area (Å²) in [7, 11) is 0. The quantitative estimate of drug-likeness (QED) is 0.842. The van der Waals surface area contributed by atoms with Crippen molar-refractivity contribution in [2.45, 2.75) is 19.8 Å². The fraction of sp³-hybridized carbons (Fsp3) is 0.235. The molecule has 0 atom stereocenters. The summed E-state index contributed by atoms with van der Waals surface area (Å²) in [5.74, 6) is 0.334. The number of halogens is 1. The molecule has 0 N–H and O–H groups in total. The summed E-state index contributed by atoms with van der Waals surface area (Å²) in [4.78, 5) is 11.8. The second-order valence-electron chi connectivity index (χ2n) is 4.87. The third-order valence-corrected chi connectivity index (χ3v) is 3.59. The largest absolute Gasteiger partial charge is 0.494 e. The number of fused-ring (bicyclic) bond motifs is 1. The van der Waals surface area contributed by atoms with Crippen LogP contribution in [0.15, 0.2) is 36.4 Å². The molecule has 1 aliphatic rings. The molecule has 3 heteroatoms. The smallest absolute Gasteiger partial charge is 0.163 e. The van der Waals surface area contributed by atoms with Gasteiger partial charge >= 0.3 is 0 Å². The molecule has 0 heterocycles. The summed E-state index contributed by atoms with van der Waals surface area (Å²) in [6, 6.07) is 10.4. The predicted octanol–water partition coefficient (Wildman–Crippen LogP) is 4.02. The maximum absolute atomic E-state index is 14.1. The molecule has 0 spiro atoms. The van der Waals surface area contributed by atoms with Crippen LogP contribution in [0.1, 0.15) is 29.3 Å². The van der Waals surface area contributed by atoms with Crippen LogP contribution in [0.2, 0.25) is 0 Å². The number of rotatable bonds is 3. The molecular weight excluding hydrogens is 255 g/mol. The van der Waals surface area contributed by atoms with Gasteiger partial charge in [0, 0.05) is 23.6 Å². The molecule has 0 saturated carbocycles. The molecule has 20 heavy (non-hydrogen) atoms. The van der Waals surface area contributed by atoms with Crippen molar-refractivity contribution in [1.82, 2.24) is 0 Å². The van der Waals surface area contributed by atoms with E-state index in [9.17, 15) is 9.18 Å². The van der Waals surface area contributed by atoms with Crippen LogP contribution in [-0.2, 0) is 6.42 Å². The van der Waals surface area contributed by atoms with Crippen molar-refractivity contribution in [3.63, 3.8) is 0 Å². The average molecular weight is 270 g/mol. The third kappa shape index (κ3) is 2.20. The maximum atomic E-state index is 14.1. The molecule has 0 aliphatic heterocycles. The molecule has 0 unspecified atom stereocenters. The topological polar surface area (TPSA) is 26.3 Å². The van der Waals surface area contributed by atoms with E-state index in [0.29, 0.717) is 24.3 Å².